The van der Waals surface area contributed by atoms with Crippen molar-refractivity contribution in [1.29, 1.82) is 0 Å². The summed E-state index contributed by atoms with van der Waals surface area (Å²) in [5.74, 6) is -1.12. The molecular weight excluding hydrogens is 413 g/mol. The number of ether oxygens (including phenoxy) is 1. The number of amides is 1. The zero-order chi connectivity index (χ0) is 23.7. The van der Waals surface area contributed by atoms with Crippen molar-refractivity contribution in [2.24, 2.45) is 11.1 Å². The fourth-order valence-electron chi connectivity index (χ4n) is 3.86. The first-order chi connectivity index (χ1) is 14.9. The third-order valence-corrected chi connectivity index (χ3v) is 5.52. The quantitative estimate of drug-likeness (QED) is 0.679. The highest BCUT2D eigenvalue weighted by atomic mass is 19.1. The summed E-state index contributed by atoms with van der Waals surface area (Å²) in [7, 11) is 0. The number of carbonyl (C=O) groups excluding carboxylic acids is 2. The second kappa shape index (κ2) is 8.72. The van der Waals surface area contributed by atoms with E-state index < -0.39 is 17.3 Å². The van der Waals surface area contributed by atoms with Crippen molar-refractivity contribution in [1.82, 2.24) is 9.97 Å². The van der Waals surface area contributed by atoms with E-state index in [-0.39, 0.29) is 34.4 Å². The highest BCUT2D eigenvalue weighted by Gasteiger charge is 2.35. The molecule has 3 rings (SSSR count). The molecule has 2 heterocycles. The Morgan fingerprint density at radius 1 is 1.22 bits per heavy atom. The third-order valence-electron chi connectivity index (χ3n) is 5.52. The lowest BCUT2D eigenvalue weighted by Crippen LogP contribution is -2.41. The Kier molecular flexibility index (Phi) is 6.39. The number of aromatic nitrogens is 2. The van der Waals surface area contributed by atoms with E-state index in [4.69, 9.17) is 16.2 Å². The summed E-state index contributed by atoms with van der Waals surface area (Å²) in [6.07, 6.45) is 1.76. The van der Waals surface area contributed by atoms with Gasteiger partial charge in [0.15, 0.2) is 0 Å². The molecule has 1 aliphatic rings. The number of rotatable bonds is 5. The van der Waals surface area contributed by atoms with E-state index in [9.17, 15) is 14.0 Å². The third kappa shape index (κ3) is 5.52. The van der Waals surface area contributed by atoms with Crippen LogP contribution in [0.3, 0.4) is 0 Å². The van der Waals surface area contributed by atoms with Gasteiger partial charge in [-0.3, -0.25) is 9.59 Å². The first-order valence-corrected chi connectivity index (χ1v) is 10.6. The van der Waals surface area contributed by atoms with Crippen LogP contribution in [0.25, 0.3) is 11.1 Å². The number of carbonyl (C=O) groups is 2. The summed E-state index contributed by atoms with van der Waals surface area (Å²) < 4.78 is 19.2. The lowest BCUT2D eigenvalue weighted by molar-refractivity contribution is -0.157. The van der Waals surface area contributed by atoms with E-state index in [1.807, 2.05) is 25.7 Å². The van der Waals surface area contributed by atoms with E-state index >= 15 is 0 Å². The van der Waals surface area contributed by atoms with E-state index in [1.54, 1.807) is 6.07 Å². The fraction of sp³-hybridized carbons (Fsp3) is 0.478. The van der Waals surface area contributed by atoms with Crippen molar-refractivity contribution in [2.75, 3.05) is 23.7 Å². The van der Waals surface area contributed by atoms with Crippen molar-refractivity contribution in [3.8, 4) is 11.1 Å². The highest BCUT2D eigenvalue weighted by Crippen LogP contribution is 2.37. The number of nitrogen functional groups attached to an aromatic ring is 1. The topological polar surface area (TPSA) is 124 Å². The smallest absolute Gasteiger partial charge is 0.306 e. The minimum atomic E-state index is -0.772. The number of piperidine rings is 1. The van der Waals surface area contributed by atoms with Crippen LogP contribution >= 0.6 is 0 Å². The van der Waals surface area contributed by atoms with Gasteiger partial charge in [0.2, 0.25) is 5.95 Å². The first kappa shape index (κ1) is 23.4. The summed E-state index contributed by atoms with van der Waals surface area (Å²) in [5, 5.41) is 0. The molecule has 1 amide bonds. The summed E-state index contributed by atoms with van der Waals surface area (Å²) >= 11 is 0. The zero-order valence-electron chi connectivity index (χ0n) is 18.9. The van der Waals surface area contributed by atoms with Gasteiger partial charge in [-0.25, -0.2) is 9.37 Å². The van der Waals surface area contributed by atoms with Crippen molar-refractivity contribution in [2.45, 2.75) is 52.6 Å². The summed E-state index contributed by atoms with van der Waals surface area (Å²) in [4.78, 5) is 35.1. The molecule has 32 heavy (non-hydrogen) atoms. The average molecular weight is 444 g/mol. The Hall–Kier alpha value is -3.23. The van der Waals surface area contributed by atoms with Gasteiger partial charge >= 0.3 is 5.97 Å². The van der Waals surface area contributed by atoms with E-state index in [0.29, 0.717) is 37.9 Å². The second-order valence-corrected chi connectivity index (χ2v) is 9.57. The molecule has 1 fully saturated rings. The van der Waals surface area contributed by atoms with Gasteiger partial charge in [-0.15, -0.1) is 0 Å². The number of anilines is 2. The predicted octanol–water partition coefficient (Wildman–Crippen LogP) is 3.30. The molecule has 1 aromatic carbocycles. The van der Waals surface area contributed by atoms with Crippen LogP contribution in [0, 0.1) is 11.2 Å². The number of benzene rings is 1. The van der Waals surface area contributed by atoms with Crippen LogP contribution in [0.5, 0.6) is 0 Å². The van der Waals surface area contributed by atoms with Gasteiger partial charge in [0, 0.05) is 13.1 Å². The first-order valence-electron chi connectivity index (χ1n) is 10.6. The molecule has 1 saturated heterocycles. The van der Waals surface area contributed by atoms with Crippen LogP contribution < -0.4 is 16.4 Å². The second-order valence-electron chi connectivity index (χ2n) is 9.57. The Morgan fingerprint density at radius 2 is 1.88 bits per heavy atom. The van der Waals surface area contributed by atoms with E-state index in [0.717, 1.165) is 0 Å². The van der Waals surface area contributed by atoms with Crippen molar-refractivity contribution in [3.05, 3.63) is 35.8 Å². The maximum absolute atomic E-state index is 13.7. The van der Waals surface area contributed by atoms with Gasteiger partial charge < -0.3 is 21.1 Å². The standard InChI is InChI=1S/C23H30FN5O3/c1-22(2,3)32-16(30)13-23(4)8-10-29(11-9-23)21-27-18(20(26)31)17(19(25)28-21)14-6-5-7-15(24)12-14/h5-7,12H,8-11,13H2,1-4H3,(H2,26,31)(H2,25,27,28). The van der Waals surface area contributed by atoms with Gasteiger partial charge in [0.25, 0.3) is 5.91 Å². The number of hydrogen-bond acceptors (Lipinski definition) is 7. The van der Waals surface area contributed by atoms with Crippen LogP contribution in [-0.2, 0) is 9.53 Å². The van der Waals surface area contributed by atoms with Crippen molar-refractivity contribution in [3.63, 3.8) is 0 Å². The molecule has 172 valence electrons. The maximum Gasteiger partial charge on any atom is 0.306 e. The minimum absolute atomic E-state index is 0.0523. The molecule has 9 heteroatoms. The van der Waals surface area contributed by atoms with Crippen molar-refractivity contribution >= 4 is 23.6 Å². The lowest BCUT2D eigenvalue weighted by Gasteiger charge is -2.39. The summed E-state index contributed by atoms with van der Waals surface area (Å²) in [6, 6.07) is 5.68. The summed E-state index contributed by atoms with van der Waals surface area (Å²) in [6.45, 7) is 8.77. The fourth-order valence-corrected chi connectivity index (χ4v) is 3.86. The van der Waals surface area contributed by atoms with Crippen molar-refractivity contribution < 1.29 is 18.7 Å². The molecule has 0 spiro atoms. The van der Waals surface area contributed by atoms with Crippen LogP contribution in [-0.4, -0.2) is 40.5 Å². The van der Waals surface area contributed by atoms with Gasteiger partial charge in [-0.1, -0.05) is 19.1 Å². The van der Waals surface area contributed by atoms with E-state index in [1.165, 1.54) is 18.2 Å². The van der Waals surface area contributed by atoms with Crippen LogP contribution in [0.1, 0.15) is 57.4 Å². The Balaban J connectivity index is 1.80. The molecule has 4 N–H and O–H groups in total. The Labute approximate surface area is 187 Å². The monoisotopic (exact) mass is 443 g/mol. The van der Waals surface area contributed by atoms with Gasteiger partial charge in [0.1, 0.15) is 22.9 Å². The summed E-state index contributed by atoms with van der Waals surface area (Å²) in [5.41, 5.74) is 11.5. The van der Waals surface area contributed by atoms with E-state index in [2.05, 4.69) is 16.9 Å². The zero-order valence-corrected chi connectivity index (χ0v) is 18.9. The molecule has 1 aromatic heterocycles. The van der Waals surface area contributed by atoms with Crippen LogP contribution in [0.4, 0.5) is 16.2 Å². The molecule has 1 aliphatic heterocycles. The highest BCUT2D eigenvalue weighted by molar-refractivity contribution is 6.00. The number of nitrogens with zero attached hydrogens (tertiary/aromatic N) is 3. The number of nitrogens with two attached hydrogens (primary N) is 2. The molecule has 0 radical (unpaired) electrons. The van der Waals surface area contributed by atoms with Crippen LogP contribution in [0.15, 0.2) is 24.3 Å². The molecule has 0 aliphatic carbocycles. The van der Waals surface area contributed by atoms with Crippen LogP contribution in [0.2, 0.25) is 0 Å². The SMILES string of the molecule is CC1(CC(=O)OC(C)(C)C)CCN(c2nc(N)c(-c3cccc(F)c3)c(C(N)=O)n2)CC1. The average Bonchev–Trinajstić information content (AvgIpc) is 2.65. The Bertz CT molecular complexity index is 1030. The largest absolute Gasteiger partial charge is 0.460 e. The Morgan fingerprint density at radius 3 is 2.44 bits per heavy atom. The lowest BCUT2D eigenvalue weighted by atomic mass is 9.77. The predicted molar refractivity (Wildman–Crippen MR) is 120 cm³/mol. The number of halogens is 1. The minimum Gasteiger partial charge on any atom is -0.460 e. The maximum atomic E-state index is 13.7. The molecule has 0 unspecified atom stereocenters. The molecule has 0 atom stereocenters. The van der Waals surface area contributed by atoms with Gasteiger partial charge in [-0.05, 0) is 56.7 Å². The normalized spacial score (nSPS) is 16.0. The van der Waals surface area contributed by atoms with Gasteiger partial charge in [0.05, 0.1) is 12.0 Å². The van der Waals surface area contributed by atoms with Gasteiger partial charge in [-0.2, -0.15) is 4.98 Å². The number of primary amides is 1. The molecule has 0 bridgehead atoms. The number of esters is 1. The molecular formula is C23H30FN5O3. The molecule has 8 nitrogen and oxygen atoms in total. The number of hydrogen-bond donors (Lipinski definition) is 2. The molecule has 2 aromatic rings. The molecule has 0 saturated carbocycles.